The topological polar surface area (TPSA) is 59.1 Å². The Balaban J connectivity index is 1.74. The largest absolute Gasteiger partial charge is 0.288 e. The molecule has 3 aromatic carbocycles. The van der Waals surface area contributed by atoms with Crippen molar-refractivity contribution in [2.75, 3.05) is 0 Å². The van der Waals surface area contributed by atoms with Crippen molar-refractivity contribution in [1.29, 1.82) is 0 Å². The molecule has 0 radical (unpaired) electrons. The summed E-state index contributed by atoms with van der Waals surface area (Å²) >= 11 is 0. The van der Waals surface area contributed by atoms with Crippen molar-refractivity contribution in [3.8, 4) is 0 Å². The summed E-state index contributed by atoms with van der Waals surface area (Å²) in [6.45, 7) is 0. The van der Waals surface area contributed by atoms with Crippen LogP contribution < -0.4 is 5.32 Å². The van der Waals surface area contributed by atoms with Crippen LogP contribution in [0.15, 0.2) is 91.1 Å². The number of imide groups is 1. The van der Waals surface area contributed by atoms with Crippen LogP contribution in [0, 0.1) is 0 Å². The minimum Gasteiger partial charge on any atom is -0.288 e. The van der Waals surface area contributed by atoms with E-state index in [-0.39, 0.29) is 0 Å². The van der Waals surface area contributed by atoms with Crippen LogP contribution in [0.1, 0.15) is 31.8 Å². The second-order valence-corrected chi connectivity index (χ2v) is 6.49. The Morgan fingerprint density at radius 3 is 2.14 bits per heavy atom. The van der Waals surface area contributed by atoms with Crippen LogP contribution in [0.4, 0.5) is 0 Å². The van der Waals surface area contributed by atoms with Gasteiger partial charge < -0.3 is 0 Å². The highest BCUT2D eigenvalue weighted by Gasteiger charge is 2.19. The maximum atomic E-state index is 13.1. The molecule has 0 unspecified atom stereocenters. The van der Waals surface area contributed by atoms with Crippen LogP contribution in [0.25, 0.3) is 10.9 Å². The lowest BCUT2D eigenvalue weighted by molar-refractivity contribution is 0.0850. The first kappa shape index (κ1) is 17.6. The van der Waals surface area contributed by atoms with Gasteiger partial charge in [0.05, 0.1) is 11.1 Å². The van der Waals surface area contributed by atoms with Gasteiger partial charge in [0.2, 0.25) is 0 Å². The number of benzene rings is 3. The van der Waals surface area contributed by atoms with Gasteiger partial charge in [0.1, 0.15) is 0 Å². The quantitative estimate of drug-likeness (QED) is 0.545. The van der Waals surface area contributed by atoms with E-state index in [2.05, 4.69) is 10.3 Å². The van der Waals surface area contributed by atoms with Gasteiger partial charge in [-0.15, -0.1) is 0 Å². The molecule has 0 saturated heterocycles. The van der Waals surface area contributed by atoms with Gasteiger partial charge in [-0.2, -0.15) is 0 Å². The number of carbonyl (C=O) groups is 2. The normalized spacial score (nSPS) is 10.6. The maximum absolute atomic E-state index is 13.1. The Hall–Kier alpha value is -3.79. The summed E-state index contributed by atoms with van der Waals surface area (Å²) in [6, 6.07) is 26.1. The van der Waals surface area contributed by atoms with Crippen molar-refractivity contribution in [3.05, 3.63) is 113 Å². The van der Waals surface area contributed by atoms with E-state index < -0.39 is 11.8 Å². The third-order valence-corrected chi connectivity index (χ3v) is 4.58. The standard InChI is InChI=1S/C24H18N2O2/c27-23(18-11-5-2-6-12-18)26-24(28)22-19(15-17-9-3-1-4-10-17)16-25-21-14-8-7-13-20(21)22/h1-14,16H,15H2,(H,26,27,28). The zero-order chi connectivity index (χ0) is 19.3. The Labute approximate surface area is 162 Å². The van der Waals surface area contributed by atoms with Crippen LogP contribution in [0.3, 0.4) is 0 Å². The molecule has 1 aromatic heterocycles. The molecule has 0 fully saturated rings. The first-order valence-corrected chi connectivity index (χ1v) is 9.03. The minimum atomic E-state index is -0.419. The van der Waals surface area contributed by atoms with E-state index >= 15 is 0 Å². The van der Waals surface area contributed by atoms with Gasteiger partial charge in [-0.05, 0) is 35.7 Å². The molecule has 4 heteroatoms. The van der Waals surface area contributed by atoms with Gasteiger partial charge in [0, 0.05) is 17.1 Å². The average Bonchev–Trinajstić information content (AvgIpc) is 2.75. The summed E-state index contributed by atoms with van der Waals surface area (Å²) in [6.07, 6.45) is 2.28. The molecular weight excluding hydrogens is 348 g/mol. The Morgan fingerprint density at radius 1 is 0.750 bits per heavy atom. The van der Waals surface area contributed by atoms with E-state index in [1.54, 1.807) is 30.5 Å². The molecule has 0 atom stereocenters. The van der Waals surface area contributed by atoms with Crippen molar-refractivity contribution >= 4 is 22.7 Å². The number of nitrogens with zero attached hydrogens (tertiary/aromatic N) is 1. The van der Waals surface area contributed by atoms with Crippen molar-refractivity contribution in [3.63, 3.8) is 0 Å². The highest BCUT2D eigenvalue weighted by atomic mass is 16.2. The van der Waals surface area contributed by atoms with E-state index in [1.165, 1.54) is 0 Å². The highest BCUT2D eigenvalue weighted by molar-refractivity contribution is 6.15. The van der Waals surface area contributed by atoms with Crippen molar-refractivity contribution < 1.29 is 9.59 Å². The fraction of sp³-hybridized carbons (Fsp3) is 0.0417. The fourth-order valence-corrected chi connectivity index (χ4v) is 3.23. The number of nitrogens with one attached hydrogen (secondary N) is 1. The van der Waals surface area contributed by atoms with E-state index in [4.69, 9.17) is 0 Å². The van der Waals surface area contributed by atoms with Gasteiger partial charge in [-0.25, -0.2) is 0 Å². The van der Waals surface area contributed by atoms with Crippen LogP contribution in [0.2, 0.25) is 0 Å². The number of rotatable bonds is 4. The van der Waals surface area contributed by atoms with E-state index in [1.807, 2.05) is 60.7 Å². The second-order valence-electron chi connectivity index (χ2n) is 6.49. The lowest BCUT2D eigenvalue weighted by Gasteiger charge is -2.13. The number of fused-ring (bicyclic) bond motifs is 1. The van der Waals surface area contributed by atoms with E-state index in [9.17, 15) is 9.59 Å². The summed E-state index contributed by atoms with van der Waals surface area (Å²) in [5.41, 5.74) is 3.50. The van der Waals surface area contributed by atoms with Crippen molar-refractivity contribution in [1.82, 2.24) is 10.3 Å². The molecule has 1 heterocycles. The van der Waals surface area contributed by atoms with Gasteiger partial charge in [0.15, 0.2) is 0 Å². The zero-order valence-electron chi connectivity index (χ0n) is 15.1. The Kier molecular flexibility index (Phi) is 4.93. The van der Waals surface area contributed by atoms with Crippen LogP contribution >= 0.6 is 0 Å². The van der Waals surface area contributed by atoms with Crippen LogP contribution in [0.5, 0.6) is 0 Å². The second kappa shape index (κ2) is 7.84. The molecule has 0 aliphatic rings. The molecule has 1 N–H and O–H groups in total. The predicted octanol–water partition coefficient (Wildman–Crippen LogP) is 4.40. The van der Waals surface area contributed by atoms with E-state index in [0.29, 0.717) is 17.5 Å². The van der Waals surface area contributed by atoms with Crippen molar-refractivity contribution in [2.24, 2.45) is 0 Å². The Morgan fingerprint density at radius 2 is 1.39 bits per heavy atom. The van der Waals surface area contributed by atoms with Gasteiger partial charge >= 0.3 is 0 Å². The molecule has 28 heavy (non-hydrogen) atoms. The summed E-state index contributed by atoms with van der Waals surface area (Å²) in [4.78, 5) is 30.1. The monoisotopic (exact) mass is 366 g/mol. The third-order valence-electron chi connectivity index (χ3n) is 4.58. The first-order valence-electron chi connectivity index (χ1n) is 9.03. The highest BCUT2D eigenvalue weighted by Crippen LogP contribution is 2.23. The lowest BCUT2D eigenvalue weighted by atomic mass is 9.97. The number of amides is 2. The molecule has 2 amide bonds. The summed E-state index contributed by atoms with van der Waals surface area (Å²) in [5, 5.41) is 3.26. The smallest absolute Gasteiger partial charge is 0.259 e. The fourth-order valence-electron chi connectivity index (χ4n) is 3.23. The van der Waals surface area contributed by atoms with E-state index in [0.717, 1.165) is 22.0 Å². The number of aromatic nitrogens is 1. The molecule has 0 bridgehead atoms. The predicted molar refractivity (Wildman–Crippen MR) is 109 cm³/mol. The molecule has 4 nitrogen and oxygen atoms in total. The number of para-hydroxylation sites is 1. The molecule has 0 spiro atoms. The molecule has 0 aliphatic heterocycles. The first-order chi connectivity index (χ1) is 13.7. The van der Waals surface area contributed by atoms with Crippen LogP contribution in [-0.4, -0.2) is 16.8 Å². The Bertz CT molecular complexity index is 1140. The number of carbonyl (C=O) groups excluding carboxylic acids is 2. The maximum Gasteiger partial charge on any atom is 0.259 e. The van der Waals surface area contributed by atoms with Crippen LogP contribution in [-0.2, 0) is 6.42 Å². The summed E-state index contributed by atoms with van der Waals surface area (Å²) in [7, 11) is 0. The molecule has 136 valence electrons. The van der Waals surface area contributed by atoms with Crippen molar-refractivity contribution in [2.45, 2.75) is 6.42 Å². The summed E-state index contributed by atoms with van der Waals surface area (Å²) < 4.78 is 0. The van der Waals surface area contributed by atoms with Gasteiger partial charge in [0.25, 0.3) is 11.8 Å². The SMILES string of the molecule is O=C(NC(=O)c1c(Cc2ccccc2)cnc2ccccc12)c1ccccc1. The number of hydrogen-bond acceptors (Lipinski definition) is 3. The third kappa shape index (κ3) is 3.67. The molecular formula is C24H18N2O2. The lowest BCUT2D eigenvalue weighted by Crippen LogP contribution is -2.31. The number of pyridine rings is 1. The molecule has 4 aromatic rings. The average molecular weight is 366 g/mol. The number of hydrogen-bond donors (Lipinski definition) is 1. The summed E-state index contributed by atoms with van der Waals surface area (Å²) in [5.74, 6) is -0.837. The molecule has 4 rings (SSSR count). The zero-order valence-corrected chi connectivity index (χ0v) is 15.1. The molecule has 0 saturated carbocycles. The minimum absolute atomic E-state index is 0.418. The van der Waals surface area contributed by atoms with Gasteiger partial charge in [-0.1, -0.05) is 66.7 Å². The van der Waals surface area contributed by atoms with Gasteiger partial charge in [-0.3, -0.25) is 19.9 Å². The molecule has 0 aliphatic carbocycles.